The van der Waals surface area contributed by atoms with Gasteiger partial charge in [0.05, 0.1) is 5.69 Å². The van der Waals surface area contributed by atoms with Crippen LogP contribution in [0.4, 0.5) is 39.5 Å². The Balaban J connectivity index is 2.49. The summed E-state index contributed by atoms with van der Waals surface area (Å²) in [7, 11) is 0. The lowest BCUT2D eigenvalue weighted by Crippen LogP contribution is -2.66. The first kappa shape index (κ1) is 22.5. The molecule has 0 spiro atoms. The maximum Gasteiger partial charge on any atom is 0.471 e. The van der Waals surface area contributed by atoms with Crippen molar-refractivity contribution >= 4 is 16.8 Å². The van der Waals surface area contributed by atoms with Crippen molar-refractivity contribution in [3.8, 4) is 11.3 Å². The van der Waals surface area contributed by atoms with Gasteiger partial charge in [0.15, 0.2) is 0 Å². The molecule has 1 aromatic heterocycles. The largest absolute Gasteiger partial charge is 0.471 e. The number of H-pyrrole nitrogens is 1. The molecule has 2 N–H and O–H groups in total. The Morgan fingerprint density at radius 1 is 0.742 bits per heavy atom. The average Bonchev–Trinajstić information content (AvgIpc) is 3.03. The molecule has 0 bridgehead atoms. The van der Waals surface area contributed by atoms with Crippen LogP contribution in [0.15, 0.2) is 54.6 Å². The zero-order chi connectivity index (χ0) is 23.2. The molecule has 2 aromatic carbocycles. The minimum atomic E-state index is -6.39. The molecular weight excluding hydrogens is 443 g/mol. The van der Waals surface area contributed by atoms with Crippen LogP contribution < -0.4 is 5.32 Å². The van der Waals surface area contributed by atoms with E-state index in [-0.39, 0.29) is 16.4 Å². The lowest BCUT2D eigenvalue weighted by atomic mass is 9.84. The van der Waals surface area contributed by atoms with Gasteiger partial charge in [-0.3, -0.25) is 4.79 Å². The number of aromatic amines is 1. The number of benzene rings is 2. The van der Waals surface area contributed by atoms with E-state index in [0.717, 1.165) is 18.2 Å². The molecule has 12 heteroatoms. The summed E-state index contributed by atoms with van der Waals surface area (Å²) >= 11 is 0. The predicted molar refractivity (Wildman–Crippen MR) is 91.7 cm³/mol. The van der Waals surface area contributed by atoms with Crippen LogP contribution in [0.2, 0.25) is 0 Å². The summed E-state index contributed by atoms with van der Waals surface area (Å²) in [6, 6.07) is 10.9. The van der Waals surface area contributed by atoms with Crippen molar-refractivity contribution in [2.45, 2.75) is 24.1 Å². The number of carbonyl (C=O) groups excluding carboxylic acids is 1. The monoisotopic (exact) mass is 454 g/mol. The van der Waals surface area contributed by atoms with Gasteiger partial charge in [-0.15, -0.1) is 0 Å². The number of halogens is 9. The van der Waals surface area contributed by atoms with E-state index >= 15 is 0 Å². The van der Waals surface area contributed by atoms with E-state index < -0.39 is 46.6 Å². The highest BCUT2D eigenvalue weighted by atomic mass is 19.4. The molecule has 1 amide bonds. The topological polar surface area (TPSA) is 44.9 Å². The van der Waals surface area contributed by atoms with Crippen molar-refractivity contribution in [1.29, 1.82) is 0 Å². The third-order valence-corrected chi connectivity index (χ3v) is 4.55. The number of hydrogen-bond donors (Lipinski definition) is 2. The number of alkyl halides is 9. The highest BCUT2D eigenvalue weighted by Gasteiger charge is 2.75. The lowest BCUT2D eigenvalue weighted by Gasteiger charge is -2.38. The van der Waals surface area contributed by atoms with Gasteiger partial charge in [-0.1, -0.05) is 48.5 Å². The molecule has 0 atom stereocenters. The van der Waals surface area contributed by atoms with Crippen LogP contribution in [0.5, 0.6) is 0 Å². The van der Waals surface area contributed by atoms with Crippen LogP contribution >= 0.6 is 0 Å². The predicted octanol–water partition coefficient (Wildman–Crippen LogP) is 5.83. The lowest BCUT2D eigenvalue weighted by molar-refractivity contribution is -0.313. The zero-order valence-electron chi connectivity index (χ0n) is 15.0. The van der Waals surface area contributed by atoms with E-state index in [9.17, 15) is 44.3 Å². The first-order valence-electron chi connectivity index (χ1n) is 8.39. The number of aromatic nitrogens is 1. The van der Waals surface area contributed by atoms with Crippen molar-refractivity contribution in [2.75, 3.05) is 0 Å². The second kappa shape index (κ2) is 7.20. The quantitative estimate of drug-likeness (QED) is 0.481. The van der Waals surface area contributed by atoms with Crippen molar-refractivity contribution in [3.05, 3.63) is 60.2 Å². The summed E-state index contributed by atoms with van der Waals surface area (Å²) in [5.41, 5.74) is -8.04. The molecule has 31 heavy (non-hydrogen) atoms. The first-order valence-corrected chi connectivity index (χ1v) is 8.39. The number of para-hydroxylation sites is 1. The van der Waals surface area contributed by atoms with Gasteiger partial charge in [-0.25, -0.2) is 0 Å². The van der Waals surface area contributed by atoms with E-state index in [0.29, 0.717) is 0 Å². The highest BCUT2D eigenvalue weighted by Crippen LogP contribution is 2.54. The molecule has 1 heterocycles. The maximum absolute atomic E-state index is 14.1. The highest BCUT2D eigenvalue weighted by molar-refractivity contribution is 5.94. The molecule has 0 saturated heterocycles. The third kappa shape index (κ3) is 3.70. The van der Waals surface area contributed by atoms with Gasteiger partial charge in [0, 0.05) is 16.5 Å². The summed E-state index contributed by atoms with van der Waals surface area (Å²) in [5.74, 6) is -3.38. The average molecular weight is 454 g/mol. The summed E-state index contributed by atoms with van der Waals surface area (Å²) < 4.78 is 123. The minimum absolute atomic E-state index is 0.159. The number of fused-ring (bicyclic) bond motifs is 1. The molecule has 166 valence electrons. The summed E-state index contributed by atoms with van der Waals surface area (Å²) in [5, 5.41) is -0.433. The Morgan fingerprint density at radius 2 is 1.26 bits per heavy atom. The molecule has 0 fully saturated rings. The van der Waals surface area contributed by atoms with Crippen molar-refractivity contribution in [2.24, 2.45) is 0 Å². The molecule has 3 rings (SSSR count). The fraction of sp³-hybridized carbons (Fsp3) is 0.211. The van der Waals surface area contributed by atoms with E-state index in [1.807, 2.05) is 0 Å². The van der Waals surface area contributed by atoms with Crippen LogP contribution in [-0.4, -0.2) is 29.4 Å². The number of rotatable bonds is 3. The minimum Gasteiger partial charge on any atom is -0.354 e. The zero-order valence-corrected chi connectivity index (χ0v) is 15.0. The fourth-order valence-electron chi connectivity index (χ4n) is 3.24. The number of carbonyl (C=O) groups is 1. The number of hydrogen-bond acceptors (Lipinski definition) is 1. The van der Waals surface area contributed by atoms with Crippen molar-refractivity contribution < 1.29 is 44.3 Å². The van der Waals surface area contributed by atoms with Gasteiger partial charge in [0.1, 0.15) is 0 Å². The smallest absolute Gasteiger partial charge is 0.354 e. The summed E-state index contributed by atoms with van der Waals surface area (Å²) in [6.45, 7) is 0. The Bertz CT molecular complexity index is 1080. The second-order valence-electron chi connectivity index (χ2n) is 6.48. The molecule has 0 aliphatic rings. The van der Waals surface area contributed by atoms with Gasteiger partial charge in [-0.2, -0.15) is 39.5 Å². The molecule has 3 aromatic rings. The molecule has 0 aliphatic heterocycles. The SMILES string of the molecule is O=C(NC(c1c(-c2ccccc2)[nH]c2ccccc12)(C(F)(F)F)C(F)(F)F)C(F)(F)F. The Hall–Kier alpha value is -3.18. The number of nitrogens with one attached hydrogen (secondary N) is 2. The van der Waals surface area contributed by atoms with Crippen molar-refractivity contribution in [3.63, 3.8) is 0 Å². The standard InChI is InChI=1S/C19H11F9N2O/c20-17(21,22)15(31)30-16(18(23,24)25,19(26,27)28)13-11-8-4-5-9-12(11)29-14(13)10-6-2-1-3-7-10/h1-9,29H,(H,30,31). The third-order valence-electron chi connectivity index (χ3n) is 4.55. The second-order valence-corrected chi connectivity index (χ2v) is 6.48. The first-order chi connectivity index (χ1) is 14.2. The van der Waals surface area contributed by atoms with E-state index in [1.54, 1.807) is 0 Å². The van der Waals surface area contributed by atoms with E-state index in [4.69, 9.17) is 0 Å². The van der Waals surface area contributed by atoms with Crippen LogP contribution in [0.1, 0.15) is 5.56 Å². The maximum atomic E-state index is 14.1. The Labute approximate surface area is 167 Å². The molecular formula is C19H11F9N2O. The molecule has 3 nitrogen and oxygen atoms in total. The molecule has 0 aliphatic carbocycles. The van der Waals surface area contributed by atoms with Crippen LogP contribution in [0, 0.1) is 0 Å². The van der Waals surface area contributed by atoms with Gasteiger partial charge in [0.2, 0.25) is 0 Å². The fourth-order valence-corrected chi connectivity index (χ4v) is 3.24. The Kier molecular flexibility index (Phi) is 5.23. The molecule has 0 unspecified atom stereocenters. The van der Waals surface area contributed by atoms with Crippen LogP contribution in [-0.2, 0) is 10.3 Å². The van der Waals surface area contributed by atoms with E-state index in [1.165, 1.54) is 36.4 Å². The summed E-state index contributed by atoms with van der Waals surface area (Å²) in [6.07, 6.45) is -18.8. The van der Waals surface area contributed by atoms with Crippen LogP contribution in [0.25, 0.3) is 22.2 Å². The molecule has 0 saturated carbocycles. The van der Waals surface area contributed by atoms with E-state index in [2.05, 4.69) is 4.98 Å². The van der Waals surface area contributed by atoms with Gasteiger partial charge in [0.25, 0.3) is 5.54 Å². The summed E-state index contributed by atoms with van der Waals surface area (Å²) in [4.78, 5) is 13.8. The van der Waals surface area contributed by atoms with Gasteiger partial charge >= 0.3 is 24.4 Å². The normalized spacial score (nSPS) is 13.5. The molecule has 0 radical (unpaired) electrons. The van der Waals surface area contributed by atoms with Crippen molar-refractivity contribution in [1.82, 2.24) is 10.3 Å². The van der Waals surface area contributed by atoms with Gasteiger partial charge in [-0.05, 0) is 11.6 Å². The number of amides is 1. The van der Waals surface area contributed by atoms with Crippen LogP contribution in [0.3, 0.4) is 0 Å². The van der Waals surface area contributed by atoms with Gasteiger partial charge < -0.3 is 10.3 Å². The Morgan fingerprint density at radius 3 is 1.77 bits per heavy atom.